The number of fused-ring (bicyclic) bond motifs is 1. The van der Waals surface area contributed by atoms with Crippen LogP contribution in [0.2, 0.25) is 5.02 Å². The van der Waals surface area contributed by atoms with Crippen LogP contribution in [0.15, 0.2) is 21.8 Å². The Hall–Kier alpha value is -1.18. The van der Waals surface area contributed by atoms with Gasteiger partial charge in [0.15, 0.2) is 5.58 Å². The van der Waals surface area contributed by atoms with Gasteiger partial charge in [-0.05, 0) is 43.3 Å². The molecule has 0 saturated heterocycles. The molecule has 0 aliphatic carbocycles. The molecule has 0 aliphatic heterocycles. The van der Waals surface area contributed by atoms with Gasteiger partial charge in [0.05, 0.1) is 11.3 Å². The normalized spacial score (nSPS) is 12.6. The fourth-order valence-corrected chi connectivity index (χ4v) is 2.27. The first kappa shape index (κ1) is 11.3. The molecule has 3 nitrogen and oxygen atoms in total. The number of nitrogens with zero attached hydrogens (tertiary/aromatic N) is 2. The van der Waals surface area contributed by atoms with E-state index in [0.29, 0.717) is 10.2 Å². The Kier molecular flexibility index (Phi) is 3.08. The molecule has 1 aromatic carbocycles. The molecule has 0 N–H and O–H groups in total. The van der Waals surface area contributed by atoms with Gasteiger partial charge < -0.3 is 4.42 Å². The molecule has 2 aromatic rings. The molecule has 0 spiro atoms. The first-order valence-corrected chi connectivity index (χ1v) is 5.99. The van der Waals surface area contributed by atoms with Crippen LogP contribution in [0.4, 0.5) is 0 Å². The number of halogens is 1. The monoisotopic (exact) mass is 252 g/mol. The molecule has 0 radical (unpaired) electrons. The quantitative estimate of drug-likeness (QED) is 0.763. The van der Waals surface area contributed by atoms with Gasteiger partial charge in [0.2, 0.25) is 0 Å². The molecular weight excluding hydrogens is 244 g/mol. The molecule has 0 fully saturated rings. The van der Waals surface area contributed by atoms with E-state index >= 15 is 0 Å². The molecule has 0 aliphatic rings. The van der Waals surface area contributed by atoms with Crippen LogP contribution >= 0.6 is 23.4 Å². The fourth-order valence-electron chi connectivity index (χ4n) is 1.36. The molecule has 0 bridgehead atoms. The van der Waals surface area contributed by atoms with Crippen LogP contribution in [0.1, 0.15) is 12.5 Å². The average molecular weight is 253 g/mol. The van der Waals surface area contributed by atoms with Crippen molar-refractivity contribution in [2.75, 3.05) is 0 Å². The van der Waals surface area contributed by atoms with Crippen molar-refractivity contribution >= 4 is 34.5 Å². The number of hydrogen-bond donors (Lipinski definition) is 0. The lowest BCUT2D eigenvalue weighted by Gasteiger charge is -1.95. The van der Waals surface area contributed by atoms with Crippen molar-refractivity contribution in [1.29, 1.82) is 5.26 Å². The predicted octanol–water partition coefficient (Wildman–Crippen LogP) is 3.79. The summed E-state index contributed by atoms with van der Waals surface area (Å²) in [5.74, 6) is 0. The summed E-state index contributed by atoms with van der Waals surface area (Å²) in [6.07, 6.45) is 0. The Labute approximate surface area is 102 Å². The van der Waals surface area contributed by atoms with Gasteiger partial charge in [-0.15, -0.1) is 0 Å². The Bertz CT molecular complexity index is 573. The van der Waals surface area contributed by atoms with Gasteiger partial charge in [-0.3, -0.25) is 0 Å². The highest BCUT2D eigenvalue weighted by Crippen LogP contribution is 2.29. The van der Waals surface area contributed by atoms with Crippen molar-refractivity contribution in [2.45, 2.75) is 24.3 Å². The topological polar surface area (TPSA) is 49.8 Å². The number of nitriles is 1. The average Bonchev–Trinajstić information content (AvgIpc) is 2.60. The minimum atomic E-state index is -0.177. The van der Waals surface area contributed by atoms with E-state index < -0.39 is 0 Å². The molecule has 0 unspecified atom stereocenters. The number of aryl methyl sites for hydroxylation is 1. The molecular formula is C11H9ClN2OS. The van der Waals surface area contributed by atoms with Gasteiger partial charge in [0.1, 0.15) is 5.52 Å². The number of benzene rings is 1. The number of aromatic nitrogens is 1. The number of oxazole rings is 1. The Morgan fingerprint density at radius 2 is 2.31 bits per heavy atom. The van der Waals surface area contributed by atoms with Crippen molar-refractivity contribution in [2.24, 2.45) is 0 Å². The summed E-state index contributed by atoms with van der Waals surface area (Å²) in [6, 6.07) is 5.71. The highest BCUT2D eigenvalue weighted by molar-refractivity contribution is 7.99. The zero-order valence-corrected chi connectivity index (χ0v) is 10.4. The minimum Gasteiger partial charge on any atom is -0.431 e. The van der Waals surface area contributed by atoms with Gasteiger partial charge in [-0.1, -0.05) is 11.6 Å². The maximum absolute atomic E-state index is 8.71. The largest absolute Gasteiger partial charge is 0.431 e. The SMILES string of the molecule is Cc1cc(Cl)cc2nc(S[C@@H](C)C#N)oc12. The van der Waals surface area contributed by atoms with E-state index in [1.54, 1.807) is 13.0 Å². The van der Waals surface area contributed by atoms with Crippen LogP contribution in [-0.2, 0) is 0 Å². The van der Waals surface area contributed by atoms with Crippen molar-refractivity contribution in [3.05, 3.63) is 22.7 Å². The van der Waals surface area contributed by atoms with Crippen molar-refractivity contribution in [3.63, 3.8) is 0 Å². The summed E-state index contributed by atoms with van der Waals surface area (Å²) < 4.78 is 5.57. The second-order valence-corrected chi connectivity index (χ2v) is 5.17. The molecule has 5 heteroatoms. The summed E-state index contributed by atoms with van der Waals surface area (Å²) >= 11 is 7.23. The number of rotatable bonds is 2. The lowest BCUT2D eigenvalue weighted by Crippen LogP contribution is -1.88. The van der Waals surface area contributed by atoms with E-state index in [2.05, 4.69) is 11.1 Å². The predicted molar refractivity (Wildman–Crippen MR) is 64.7 cm³/mol. The third-order valence-electron chi connectivity index (χ3n) is 2.08. The van der Waals surface area contributed by atoms with Gasteiger partial charge in [0, 0.05) is 5.02 Å². The van der Waals surface area contributed by atoms with Crippen molar-refractivity contribution in [1.82, 2.24) is 4.98 Å². The fraction of sp³-hybridized carbons (Fsp3) is 0.273. The Morgan fingerprint density at radius 3 is 3.00 bits per heavy atom. The maximum atomic E-state index is 8.71. The van der Waals surface area contributed by atoms with Gasteiger partial charge in [-0.2, -0.15) is 5.26 Å². The van der Waals surface area contributed by atoms with Crippen LogP contribution in [0.5, 0.6) is 0 Å². The molecule has 1 heterocycles. The van der Waals surface area contributed by atoms with E-state index in [1.807, 2.05) is 13.0 Å². The van der Waals surface area contributed by atoms with Gasteiger partial charge in [0.25, 0.3) is 5.22 Å². The Morgan fingerprint density at radius 1 is 1.56 bits per heavy atom. The van der Waals surface area contributed by atoms with Crippen molar-refractivity contribution in [3.8, 4) is 6.07 Å². The minimum absolute atomic E-state index is 0.177. The van der Waals surface area contributed by atoms with E-state index in [0.717, 1.165) is 16.7 Å². The van der Waals surface area contributed by atoms with Crippen LogP contribution in [-0.4, -0.2) is 10.2 Å². The molecule has 0 amide bonds. The summed E-state index contributed by atoms with van der Waals surface area (Å²) in [5, 5.41) is 9.68. The van der Waals surface area contributed by atoms with E-state index in [9.17, 15) is 0 Å². The first-order chi connectivity index (χ1) is 7.60. The molecule has 1 atom stereocenters. The van der Waals surface area contributed by atoms with E-state index in [1.165, 1.54) is 11.8 Å². The third kappa shape index (κ3) is 2.16. The highest BCUT2D eigenvalue weighted by Gasteiger charge is 2.12. The van der Waals surface area contributed by atoms with E-state index in [-0.39, 0.29) is 5.25 Å². The second-order valence-electron chi connectivity index (χ2n) is 3.44. The van der Waals surface area contributed by atoms with Crippen LogP contribution in [0, 0.1) is 18.3 Å². The first-order valence-electron chi connectivity index (χ1n) is 4.73. The standard InChI is InChI=1S/C11H9ClN2OS/c1-6-3-8(12)4-9-10(6)15-11(14-9)16-7(2)5-13/h3-4,7H,1-2H3/t7-/m0/s1. The number of hydrogen-bond acceptors (Lipinski definition) is 4. The summed E-state index contributed by atoms with van der Waals surface area (Å²) in [5.41, 5.74) is 2.42. The molecule has 0 saturated carbocycles. The zero-order valence-electron chi connectivity index (χ0n) is 8.82. The maximum Gasteiger partial charge on any atom is 0.258 e. The lowest BCUT2D eigenvalue weighted by molar-refractivity contribution is 0.487. The molecule has 2 rings (SSSR count). The second kappa shape index (κ2) is 4.36. The molecule has 82 valence electrons. The summed E-state index contributed by atoms with van der Waals surface area (Å²) in [6.45, 7) is 3.72. The molecule has 16 heavy (non-hydrogen) atoms. The smallest absolute Gasteiger partial charge is 0.258 e. The van der Waals surface area contributed by atoms with Gasteiger partial charge in [-0.25, -0.2) is 4.98 Å². The van der Waals surface area contributed by atoms with Gasteiger partial charge >= 0.3 is 0 Å². The zero-order chi connectivity index (χ0) is 11.7. The summed E-state index contributed by atoms with van der Waals surface area (Å²) in [7, 11) is 0. The number of thioether (sulfide) groups is 1. The van der Waals surface area contributed by atoms with Crippen molar-refractivity contribution < 1.29 is 4.42 Å². The highest BCUT2D eigenvalue weighted by atomic mass is 35.5. The summed E-state index contributed by atoms with van der Waals surface area (Å²) in [4.78, 5) is 4.28. The van der Waals surface area contributed by atoms with Crippen LogP contribution < -0.4 is 0 Å². The van der Waals surface area contributed by atoms with E-state index in [4.69, 9.17) is 21.3 Å². The molecule has 1 aromatic heterocycles. The lowest BCUT2D eigenvalue weighted by atomic mass is 10.2. The van der Waals surface area contributed by atoms with Crippen LogP contribution in [0.25, 0.3) is 11.1 Å². The Balaban J connectivity index is 2.45. The van der Waals surface area contributed by atoms with Crippen LogP contribution in [0.3, 0.4) is 0 Å². The third-order valence-corrected chi connectivity index (χ3v) is 3.13.